The van der Waals surface area contributed by atoms with Gasteiger partial charge in [0.05, 0.1) is 24.8 Å². The van der Waals surface area contributed by atoms with Gasteiger partial charge in [-0.05, 0) is 11.6 Å². The number of aromatic nitrogens is 4. The largest absolute Gasteiger partial charge is 0.394 e. The zero-order valence-corrected chi connectivity index (χ0v) is 15.4. The van der Waals surface area contributed by atoms with Gasteiger partial charge in [0.15, 0.2) is 23.6 Å². The lowest BCUT2D eigenvalue weighted by Gasteiger charge is -2.15. The number of aromatic amines is 1. The number of nitriles is 1. The van der Waals surface area contributed by atoms with E-state index in [1.54, 1.807) is 24.3 Å². The normalized spacial score (nSPS) is 23.7. The fraction of sp³-hybridized carbons (Fsp3) is 0.333. The SMILES string of the molecule is N#Cc1ccccc1Cn1c(=O)n([C@@H]2O[C@H](CO)[C@@H](F)[C@H]2O)c2nc(N)[nH]c(=O)c21. The van der Waals surface area contributed by atoms with Crippen molar-refractivity contribution in [3.05, 3.63) is 56.2 Å². The second kappa shape index (κ2) is 7.38. The molecule has 1 saturated heterocycles. The molecule has 1 aliphatic rings. The van der Waals surface area contributed by atoms with Gasteiger partial charge in [0.1, 0.15) is 12.2 Å². The van der Waals surface area contributed by atoms with Gasteiger partial charge in [-0.3, -0.25) is 14.3 Å². The topological polar surface area (TPSA) is 172 Å². The minimum Gasteiger partial charge on any atom is -0.394 e. The van der Waals surface area contributed by atoms with Crippen molar-refractivity contribution in [2.75, 3.05) is 12.3 Å². The zero-order chi connectivity index (χ0) is 21.6. The minimum absolute atomic E-state index is 0.161. The molecule has 0 radical (unpaired) electrons. The van der Waals surface area contributed by atoms with E-state index < -0.39 is 42.5 Å². The van der Waals surface area contributed by atoms with Gasteiger partial charge in [0.2, 0.25) is 5.95 Å². The van der Waals surface area contributed by atoms with Crippen LogP contribution in [0.25, 0.3) is 11.2 Å². The molecule has 4 atom stereocenters. The molecular weight excluding hydrogens is 399 g/mol. The van der Waals surface area contributed by atoms with Crippen LogP contribution in [0.5, 0.6) is 0 Å². The monoisotopic (exact) mass is 416 g/mol. The maximum absolute atomic E-state index is 14.3. The molecule has 0 bridgehead atoms. The molecule has 0 amide bonds. The standard InChI is InChI=1S/C18H17FN6O5/c19-11-10(7-26)30-16(13(11)27)25-14-12(15(28)23-17(21)22-14)24(18(25)29)6-9-4-2-1-3-8(9)5-20/h1-4,10-11,13,16,26-27H,6-7H2,(H3,21,22,23,28)/t10-,11-,13-,16-/m1/s1. The van der Waals surface area contributed by atoms with E-state index in [0.717, 1.165) is 9.13 Å². The van der Waals surface area contributed by atoms with Crippen molar-refractivity contribution < 1.29 is 19.3 Å². The lowest BCUT2D eigenvalue weighted by Crippen LogP contribution is -2.34. The molecule has 1 fully saturated rings. The fourth-order valence-corrected chi connectivity index (χ4v) is 3.58. The van der Waals surface area contributed by atoms with Crippen molar-refractivity contribution in [2.45, 2.75) is 31.2 Å². The number of nitrogens with one attached hydrogen (secondary N) is 1. The number of nitrogens with zero attached hydrogens (tertiary/aromatic N) is 4. The Labute approximate surface area is 167 Å². The number of ether oxygens (including phenoxy) is 1. The molecule has 156 valence electrons. The summed E-state index contributed by atoms with van der Waals surface area (Å²) in [6.07, 6.45) is -6.63. The molecule has 0 aliphatic carbocycles. The lowest BCUT2D eigenvalue weighted by atomic mass is 10.1. The van der Waals surface area contributed by atoms with E-state index in [-0.39, 0.29) is 23.7 Å². The second-order valence-electron chi connectivity index (χ2n) is 6.81. The average Bonchev–Trinajstić information content (AvgIpc) is 3.16. The third-order valence-electron chi connectivity index (χ3n) is 5.02. The Morgan fingerprint density at radius 1 is 1.37 bits per heavy atom. The van der Waals surface area contributed by atoms with Crippen molar-refractivity contribution in [3.63, 3.8) is 0 Å². The Kier molecular flexibility index (Phi) is 4.86. The fourth-order valence-electron chi connectivity index (χ4n) is 3.58. The predicted octanol–water partition coefficient (Wildman–Crippen LogP) is -1.02. The summed E-state index contributed by atoms with van der Waals surface area (Å²) in [4.78, 5) is 32.1. The van der Waals surface area contributed by atoms with Crippen molar-refractivity contribution in [1.82, 2.24) is 19.1 Å². The van der Waals surface area contributed by atoms with Crippen LogP contribution in [0, 0.1) is 11.3 Å². The number of H-pyrrole nitrogens is 1. The number of hydrogen-bond acceptors (Lipinski definition) is 8. The minimum atomic E-state index is -1.95. The third-order valence-corrected chi connectivity index (χ3v) is 5.02. The van der Waals surface area contributed by atoms with Crippen LogP contribution in [0.4, 0.5) is 10.3 Å². The second-order valence-corrected chi connectivity index (χ2v) is 6.81. The number of imidazole rings is 1. The molecule has 11 nitrogen and oxygen atoms in total. The van der Waals surface area contributed by atoms with Gasteiger partial charge < -0.3 is 20.7 Å². The Morgan fingerprint density at radius 2 is 2.10 bits per heavy atom. The van der Waals surface area contributed by atoms with Crippen molar-refractivity contribution in [1.29, 1.82) is 5.26 Å². The molecule has 0 unspecified atom stereocenters. The summed E-state index contributed by atoms with van der Waals surface area (Å²) in [6.45, 7) is -0.875. The Hall–Kier alpha value is -3.53. The van der Waals surface area contributed by atoms with E-state index in [4.69, 9.17) is 10.5 Å². The lowest BCUT2D eigenvalue weighted by molar-refractivity contribution is -0.0513. The molecule has 3 heterocycles. The number of rotatable bonds is 4. The first-order valence-electron chi connectivity index (χ1n) is 8.94. The van der Waals surface area contributed by atoms with Crippen LogP contribution < -0.4 is 17.0 Å². The van der Waals surface area contributed by atoms with E-state index in [2.05, 4.69) is 9.97 Å². The highest BCUT2D eigenvalue weighted by Crippen LogP contribution is 2.32. The summed E-state index contributed by atoms with van der Waals surface area (Å²) < 4.78 is 21.5. The molecule has 2 aromatic heterocycles. The molecule has 0 saturated carbocycles. The number of aliphatic hydroxyl groups is 2. The highest BCUT2D eigenvalue weighted by atomic mass is 19.1. The molecule has 0 spiro atoms. The molecule has 3 aromatic rings. The molecule has 1 aromatic carbocycles. The summed E-state index contributed by atoms with van der Waals surface area (Å²) in [5.41, 5.74) is 4.42. The number of anilines is 1. The Balaban J connectivity index is 1.95. The number of halogens is 1. The molecule has 1 aliphatic heterocycles. The van der Waals surface area contributed by atoms with Crippen LogP contribution in [0.2, 0.25) is 0 Å². The van der Waals surface area contributed by atoms with E-state index in [9.17, 15) is 29.5 Å². The van der Waals surface area contributed by atoms with E-state index in [0.29, 0.717) is 11.1 Å². The highest BCUT2D eigenvalue weighted by Gasteiger charge is 2.46. The van der Waals surface area contributed by atoms with Crippen molar-refractivity contribution >= 4 is 17.1 Å². The Morgan fingerprint density at radius 3 is 2.77 bits per heavy atom. The number of nitrogens with two attached hydrogens (primary N) is 1. The number of fused-ring (bicyclic) bond motifs is 1. The van der Waals surface area contributed by atoms with Gasteiger partial charge in [-0.2, -0.15) is 10.2 Å². The molecular formula is C18H17FN6O5. The third kappa shape index (κ3) is 2.96. The van der Waals surface area contributed by atoms with Crippen LogP contribution in [-0.4, -0.2) is 54.3 Å². The summed E-state index contributed by atoms with van der Waals surface area (Å²) in [5.74, 6) is -0.293. The van der Waals surface area contributed by atoms with Gasteiger partial charge >= 0.3 is 5.69 Å². The van der Waals surface area contributed by atoms with Crippen LogP contribution in [0.1, 0.15) is 17.4 Å². The summed E-state index contributed by atoms with van der Waals surface area (Å²) in [5, 5.41) is 28.8. The quantitative estimate of drug-likeness (QED) is 0.418. The van der Waals surface area contributed by atoms with Crippen LogP contribution in [0.15, 0.2) is 33.9 Å². The van der Waals surface area contributed by atoms with Crippen LogP contribution in [-0.2, 0) is 11.3 Å². The first-order valence-corrected chi connectivity index (χ1v) is 8.94. The van der Waals surface area contributed by atoms with Gasteiger partial charge in [-0.15, -0.1) is 0 Å². The van der Waals surface area contributed by atoms with E-state index in [1.165, 1.54) is 0 Å². The number of hydrogen-bond donors (Lipinski definition) is 4. The summed E-state index contributed by atoms with van der Waals surface area (Å²) in [6, 6.07) is 8.51. The van der Waals surface area contributed by atoms with Gasteiger partial charge in [-0.25, -0.2) is 13.8 Å². The Bertz CT molecular complexity index is 1270. The molecule has 4 rings (SSSR count). The number of nitrogen functional groups attached to an aromatic ring is 1. The number of alkyl halides is 1. The molecule has 30 heavy (non-hydrogen) atoms. The number of benzene rings is 1. The van der Waals surface area contributed by atoms with E-state index in [1.807, 2.05) is 6.07 Å². The zero-order valence-electron chi connectivity index (χ0n) is 15.4. The first-order chi connectivity index (χ1) is 14.4. The smallest absolute Gasteiger partial charge is 0.333 e. The average molecular weight is 416 g/mol. The molecule has 12 heteroatoms. The highest BCUT2D eigenvalue weighted by molar-refractivity contribution is 5.72. The summed E-state index contributed by atoms with van der Waals surface area (Å²) >= 11 is 0. The first kappa shape index (κ1) is 19.8. The van der Waals surface area contributed by atoms with Gasteiger partial charge in [-0.1, -0.05) is 18.2 Å². The summed E-state index contributed by atoms with van der Waals surface area (Å²) in [7, 11) is 0. The van der Waals surface area contributed by atoms with Crippen LogP contribution in [0.3, 0.4) is 0 Å². The molecule has 5 N–H and O–H groups in total. The maximum atomic E-state index is 14.3. The number of aliphatic hydroxyl groups excluding tert-OH is 2. The predicted molar refractivity (Wildman–Crippen MR) is 101 cm³/mol. The van der Waals surface area contributed by atoms with Crippen molar-refractivity contribution in [2.24, 2.45) is 0 Å². The van der Waals surface area contributed by atoms with Gasteiger partial charge in [0, 0.05) is 0 Å². The van der Waals surface area contributed by atoms with Crippen molar-refractivity contribution in [3.8, 4) is 6.07 Å². The van der Waals surface area contributed by atoms with Crippen LogP contribution >= 0.6 is 0 Å². The maximum Gasteiger partial charge on any atom is 0.333 e. The van der Waals surface area contributed by atoms with Gasteiger partial charge in [0.25, 0.3) is 5.56 Å². The van der Waals surface area contributed by atoms with E-state index >= 15 is 0 Å².